The van der Waals surface area contributed by atoms with Gasteiger partial charge in [-0.3, -0.25) is 0 Å². The molecule has 0 aliphatic rings. The summed E-state index contributed by atoms with van der Waals surface area (Å²) >= 11 is 0. The molecular formula is C27H32O. The van der Waals surface area contributed by atoms with Crippen molar-refractivity contribution < 1.29 is 4.74 Å². The molecule has 0 N–H and O–H groups in total. The van der Waals surface area contributed by atoms with Gasteiger partial charge in [0, 0.05) is 0 Å². The van der Waals surface area contributed by atoms with Gasteiger partial charge < -0.3 is 4.74 Å². The molecule has 0 spiro atoms. The first-order valence-electron chi connectivity index (χ1n) is 10.2. The highest BCUT2D eigenvalue weighted by Crippen LogP contribution is 2.27. The Balaban J connectivity index is 1.64. The lowest BCUT2D eigenvalue weighted by Crippen LogP contribution is -2.10. The van der Waals surface area contributed by atoms with Crippen LogP contribution in [-0.4, -0.2) is 0 Å². The Morgan fingerprint density at radius 1 is 0.714 bits per heavy atom. The summed E-state index contributed by atoms with van der Waals surface area (Å²) in [6, 6.07) is 25.8. The molecule has 146 valence electrons. The van der Waals surface area contributed by atoms with Crippen LogP contribution in [0.2, 0.25) is 0 Å². The maximum absolute atomic E-state index is 6.01. The summed E-state index contributed by atoms with van der Waals surface area (Å²) in [7, 11) is 0. The van der Waals surface area contributed by atoms with E-state index in [9.17, 15) is 0 Å². The van der Waals surface area contributed by atoms with Crippen molar-refractivity contribution in [3.8, 4) is 11.5 Å². The Morgan fingerprint density at radius 2 is 1.29 bits per heavy atom. The van der Waals surface area contributed by atoms with Crippen molar-refractivity contribution in [1.82, 2.24) is 0 Å². The van der Waals surface area contributed by atoms with Crippen molar-refractivity contribution in [3.63, 3.8) is 0 Å². The van der Waals surface area contributed by atoms with E-state index in [0.29, 0.717) is 5.92 Å². The summed E-state index contributed by atoms with van der Waals surface area (Å²) in [4.78, 5) is 0. The van der Waals surface area contributed by atoms with Gasteiger partial charge in [-0.1, -0.05) is 83.1 Å². The van der Waals surface area contributed by atoms with Crippen LogP contribution in [0.5, 0.6) is 11.5 Å². The molecule has 0 aliphatic heterocycles. The first-order valence-corrected chi connectivity index (χ1v) is 10.2. The molecule has 3 aromatic carbocycles. The Hall–Kier alpha value is -2.54. The Morgan fingerprint density at radius 3 is 1.86 bits per heavy atom. The molecule has 0 bridgehead atoms. The molecule has 3 aromatic rings. The SMILES string of the molecule is CC(C)Cc1cccc(Cc2ccc(Oc3ccc(C(C)(C)C)cc3)cc2)c1. The van der Waals surface area contributed by atoms with Crippen LogP contribution in [0.3, 0.4) is 0 Å². The third-order valence-electron chi connectivity index (χ3n) is 4.92. The number of ether oxygens (including phenoxy) is 1. The van der Waals surface area contributed by atoms with Gasteiger partial charge in [0.05, 0.1) is 0 Å². The molecule has 0 unspecified atom stereocenters. The Labute approximate surface area is 170 Å². The minimum absolute atomic E-state index is 0.159. The molecule has 28 heavy (non-hydrogen) atoms. The fourth-order valence-electron chi connectivity index (χ4n) is 3.41. The molecule has 0 amide bonds. The summed E-state index contributed by atoms with van der Waals surface area (Å²) < 4.78 is 6.01. The van der Waals surface area contributed by atoms with E-state index in [0.717, 1.165) is 24.3 Å². The van der Waals surface area contributed by atoms with Gasteiger partial charge in [0.25, 0.3) is 0 Å². The highest BCUT2D eigenvalue weighted by molar-refractivity contribution is 5.37. The van der Waals surface area contributed by atoms with E-state index in [1.807, 2.05) is 0 Å². The summed E-state index contributed by atoms with van der Waals surface area (Å²) in [5.41, 5.74) is 5.56. The molecular weight excluding hydrogens is 340 g/mol. The highest BCUT2D eigenvalue weighted by atomic mass is 16.5. The van der Waals surface area contributed by atoms with Crippen LogP contribution >= 0.6 is 0 Å². The molecule has 0 fully saturated rings. The van der Waals surface area contributed by atoms with E-state index in [1.165, 1.54) is 22.3 Å². The zero-order valence-electron chi connectivity index (χ0n) is 17.8. The lowest BCUT2D eigenvalue weighted by molar-refractivity contribution is 0.481. The average molecular weight is 373 g/mol. The normalized spacial score (nSPS) is 11.6. The number of hydrogen-bond donors (Lipinski definition) is 0. The minimum Gasteiger partial charge on any atom is -0.457 e. The molecule has 1 nitrogen and oxygen atoms in total. The van der Waals surface area contributed by atoms with Gasteiger partial charge in [0.1, 0.15) is 11.5 Å². The number of hydrogen-bond acceptors (Lipinski definition) is 1. The van der Waals surface area contributed by atoms with Crippen LogP contribution < -0.4 is 4.74 Å². The maximum atomic E-state index is 6.01. The van der Waals surface area contributed by atoms with E-state index in [2.05, 4.69) is 107 Å². The van der Waals surface area contributed by atoms with Crippen molar-refractivity contribution in [2.75, 3.05) is 0 Å². The smallest absolute Gasteiger partial charge is 0.127 e. The van der Waals surface area contributed by atoms with Gasteiger partial charge in [-0.25, -0.2) is 0 Å². The van der Waals surface area contributed by atoms with E-state index in [-0.39, 0.29) is 5.41 Å². The van der Waals surface area contributed by atoms with Crippen molar-refractivity contribution in [2.45, 2.75) is 52.9 Å². The summed E-state index contributed by atoms with van der Waals surface area (Å²) in [6.07, 6.45) is 2.08. The number of benzene rings is 3. The zero-order valence-corrected chi connectivity index (χ0v) is 17.8. The predicted molar refractivity (Wildman–Crippen MR) is 119 cm³/mol. The van der Waals surface area contributed by atoms with Crippen molar-refractivity contribution >= 4 is 0 Å². The van der Waals surface area contributed by atoms with Gasteiger partial charge in [-0.2, -0.15) is 0 Å². The first kappa shape index (κ1) is 20.2. The molecule has 0 atom stereocenters. The van der Waals surface area contributed by atoms with E-state index < -0.39 is 0 Å². The van der Waals surface area contributed by atoms with Crippen molar-refractivity contribution in [3.05, 3.63) is 95.1 Å². The van der Waals surface area contributed by atoms with Crippen LogP contribution in [0.25, 0.3) is 0 Å². The fraction of sp³-hybridized carbons (Fsp3) is 0.333. The second-order valence-electron chi connectivity index (χ2n) is 9.12. The lowest BCUT2D eigenvalue weighted by atomic mass is 9.87. The van der Waals surface area contributed by atoms with E-state index >= 15 is 0 Å². The van der Waals surface area contributed by atoms with E-state index in [1.54, 1.807) is 0 Å². The van der Waals surface area contributed by atoms with E-state index in [4.69, 9.17) is 4.74 Å². The highest BCUT2D eigenvalue weighted by Gasteiger charge is 2.13. The number of rotatable bonds is 6. The standard InChI is InChI=1S/C27H32O/c1-20(2)17-22-7-6-8-23(19-22)18-21-9-13-25(14-10-21)28-26-15-11-24(12-16-26)27(3,4)5/h6-16,19-20H,17-18H2,1-5H3. The lowest BCUT2D eigenvalue weighted by Gasteiger charge is -2.19. The van der Waals surface area contributed by atoms with Gasteiger partial charge in [-0.15, -0.1) is 0 Å². The third kappa shape index (κ3) is 5.73. The van der Waals surface area contributed by atoms with Gasteiger partial charge in [0.15, 0.2) is 0 Å². The topological polar surface area (TPSA) is 9.23 Å². The Bertz CT molecular complexity index is 881. The molecule has 0 aliphatic carbocycles. The van der Waals surface area contributed by atoms with Crippen LogP contribution in [-0.2, 0) is 18.3 Å². The minimum atomic E-state index is 0.159. The zero-order chi connectivity index (χ0) is 20.1. The van der Waals surface area contributed by atoms with Crippen molar-refractivity contribution in [2.24, 2.45) is 5.92 Å². The first-order chi connectivity index (χ1) is 13.3. The molecule has 0 saturated heterocycles. The largest absolute Gasteiger partial charge is 0.457 e. The molecule has 0 radical (unpaired) electrons. The predicted octanol–water partition coefficient (Wildman–Crippen LogP) is 7.57. The molecule has 0 heterocycles. The fourth-order valence-corrected chi connectivity index (χ4v) is 3.41. The van der Waals surface area contributed by atoms with Crippen molar-refractivity contribution in [1.29, 1.82) is 0 Å². The quantitative estimate of drug-likeness (QED) is 0.433. The molecule has 1 heteroatoms. The molecule has 3 rings (SSSR count). The second kappa shape index (κ2) is 8.65. The molecule has 0 aromatic heterocycles. The maximum Gasteiger partial charge on any atom is 0.127 e. The molecule has 0 saturated carbocycles. The van der Waals surface area contributed by atoms with Crippen LogP contribution in [0.1, 0.15) is 56.9 Å². The van der Waals surface area contributed by atoms with Gasteiger partial charge >= 0.3 is 0 Å². The third-order valence-corrected chi connectivity index (χ3v) is 4.92. The Kier molecular flexibility index (Phi) is 6.24. The average Bonchev–Trinajstić information content (AvgIpc) is 2.63. The monoisotopic (exact) mass is 372 g/mol. The van der Waals surface area contributed by atoms with Crippen LogP contribution in [0.4, 0.5) is 0 Å². The van der Waals surface area contributed by atoms with Gasteiger partial charge in [-0.05, 0) is 70.7 Å². The summed E-state index contributed by atoms with van der Waals surface area (Å²) in [5.74, 6) is 2.44. The van der Waals surface area contributed by atoms with Crippen LogP contribution in [0.15, 0.2) is 72.8 Å². The summed E-state index contributed by atoms with van der Waals surface area (Å²) in [6.45, 7) is 11.2. The summed E-state index contributed by atoms with van der Waals surface area (Å²) in [5, 5.41) is 0. The van der Waals surface area contributed by atoms with Gasteiger partial charge in [0.2, 0.25) is 0 Å². The second-order valence-corrected chi connectivity index (χ2v) is 9.12. The van der Waals surface area contributed by atoms with Crippen LogP contribution in [0, 0.1) is 5.92 Å².